The van der Waals surface area contributed by atoms with Crippen LogP contribution in [0, 0.1) is 25.7 Å². The standard InChI is InChI=1S/C29H34ClNO3/c1-18(2)25-15-22(24-11-6-7-12-27(24)30)16-34-29(25)21-9-8-10-23(14-21)33-17-28(32)26-13-19(3)31(5)20(26)4/h6-14,18,22,25,29H,15-17H2,1-5H3/t22-,25-,29-/m0/s1. The van der Waals surface area contributed by atoms with Crippen molar-refractivity contribution in [3.05, 3.63) is 87.7 Å². The monoisotopic (exact) mass is 479 g/mol. The predicted octanol–water partition coefficient (Wildman–Crippen LogP) is 7.07. The van der Waals surface area contributed by atoms with Crippen LogP contribution < -0.4 is 4.74 Å². The van der Waals surface area contributed by atoms with Crippen molar-refractivity contribution in [2.45, 2.75) is 46.1 Å². The smallest absolute Gasteiger partial charge is 0.202 e. The highest BCUT2D eigenvalue weighted by Crippen LogP contribution is 2.45. The second kappa shape index (κ2) is 10.4. The Morgan fingerprint density at radius 2 is 1.91 bits per heavy atom. The molecule has 34 heavy (non-hydrogen) atoms. The molecule has 180 valence electrons. The van der Waals surface area contributed by atoms with Gasteiger partial charge in [0.15, 0.2) is 6.61 Å². The summed E-state index contributed by atoms with van der Waals surface area (Å²) in [5, 5.41) is 0.806. The van der Waals surface area contributed by atoms with Crippen molar-refractivity contribution in [1.82, 2.24) is 4.57 Å². The lowest BCUT2D eigenvalue weighted by Gasteiger charge is -2.39. The zero-order valence-corrected chi connectivity index (χ0v) is 21.4. The Labute approximate surface area is 207 Å². The van der Waals surface area contributed by atoms with Gasteiger partial charge in [0, 0.05) is 34.9 Å². The van der Waals surface area contributed by atoms with Gasteiger partial charge in [-0.2, -0.15) is 0 Å². The van der Waals surface area contributed by atoms with E-state index >= 15 is 0 Å². The Morgan fingerprint density at radius 3 is 2.59 bits per heavy atom. The first-order chi connectivity index (χ1) is 16.3. The predicted molar refractivity (Wildman–Crippen MR) is 137 cm³/mol. The number of carbonyl (C=O) groups is 1. The summed E-state index contributed by atoms with van der Waals surface area (Å²) in [7, 11) is 1.97. The molecule has 0 aliphatic carbocycles. The average Bonchev–Trinajstić information content (AvgIpc) is 3.10. The van der Waals surface area contributed by atoms with Gasteiger partial charge in [-0.1, -0.05) is 55.8 Å². The van der Waals surface area contributed by atoms with Gasteiger partial charge in [0.05, 0.1) is 12.7 Å². The number of Topliss-reactive ketones (excluding diaryl/α,β-unsaturated/α-hetero) is 1. The van der Waals surface area contributed by atoms with Crippen LogP contribution in [0.5, 0.6) is 5.75 Å². The number of aromatic nitrogens is 1. The van der Waals surface area contributed by atoms with Crippen LogP contribution in [0.15, 0.2) is 54.6 Å². The summed E-state index contributed by atoms with van der Waals surface area (Å²) < 4.78 is 14.4. The number of aryl methyl sites for hydroxylation is 1. The number of carbonyl (C=O) groups excluding carboxylic acids is 1. The maximum absolute atomic E-state index is 12.8. The van der Waals surface area contributed by atoms with Crippen LogP contribution in [0.2, 0.25) is 5.02 Å². The van der Waals surface area contributed by atoms with Gasteiger partial charge in [-0.15, -0.1) is 0 Å². The Bertz CT molecular complexity index is 1170. The first kappa shape index (κ1) is 24.6. The van der Waals surface area contributed by atoms with E-state index < -0.39 is 0 Å². The summed E-state index contributed by atoms with van der Waals surface area (Å²) in [6.07, 6.45) is 0.999. The molecule has 1 fully saturated rings. The van der Waals surface area contributed by atoms with E-state index in [9.17, 15) is 4.79 Å². The normalized spacial score (nSPS) is 20.5. The van der Waals surface area contributed by atoms with Crippen LogP contribution in [-0.2, 0) is 11.8 Å². The maximum atomic E-state index is 12.8. The Hall–Kier alpha value is -2.56. The summed E-state index contributed by atoms with van der Waals surface area (Å²) in [5.74, 6) is 1.76. The summed E-state index contributed by atoms with van der Waals surface area (Å²) in [6, 6.07) is 18.0. The molecule has 5 heteroatoms. The van der Waals surface area contributed by atoms with Gasteiger partial charge in [0.25, 0.3) is 0 Å². The third kappa shape index (κ3) is 5.08. The van der Waals surface area contributed by atoms with Crippen molar-refractivity contribution in [2.24, 2.45) is 18.9 Å². The maximum Gasteiger partial charge on any atom is 0.202 e. The molecule has 1 saturated heterocycles. The molecule has 0 bridgehead atoms. The van der Waals surface area contributed by atoms with Gasteiger partial charge in [0.2, 0.25) is 5.78 Å². The minimum atomic E-state index is -0.0167. The zero-order valence-electron chi connectivity index (χ0n) is 20.7. The molecular weight excluding hydrogens is 446 g/mol. The van der Waals surface area contributed by atoms with Crippen LogP contribution in [-0.4, -0.2) is 23.6 Å². The fraction of sp³-hybridized carbons (Fsp3) is 0.414. The number of hydrogen-bond donors (Lipinski definition) is 0. The van der Waals surface area contributed by atoms with Crippen LogP contribution in [0.25, 0.3) is 0 Å². The van der Waals surface area contributed by atoms with E-state index in [-0.39, 0.29) is 24.4 Å². The fourth-order valence-electron chi connectivity index (χ4n) is 5.00. The highest BCUT2D eigenvalue weighted by Gasteiger charge is 2.35. The van der Waals surface area contributed by atoms with Crippen LogP contribution >= 0.6 is 11.6 Å². The molecule has 0 N–H and O–H groups in total. The molecule has 4 nitrogen and oxygen atoms in total. The van der Waals surface area contributed by atoms with Crippen molar-refractivity contribution in [1.29, 1.82) is 0 Å². The number of ether oxygens (including phenoxy) is 2. The SMILES string of the molecule is Cc1cc(C(=O)COc2cccc([C@@H]3OC[C@@H](c4ccccc4Cl)C[C@H]3C(C)C)c2)c(C)n1C. The lowest BCUT2D eigenvalue weighted by atomic mass is 9.76. The first-order valence-electron chi connectivity index (χ1n) is 12.0. The van der Waals surface area contributed by atoms with E-state index in [0.29, 0.717) is 24.2 Å². The van der Waals surface area contributed by atoms with Crippen LogP contribution in [0.3, 0.4) is 0 Å². The number of ketones is 1. The summed E-state index contributed by atoms with van der Waals surface area (Å²) in [5.41, 5.74) is 5.00. The highest BCUT2D eigenvalue weighted by molar-refractivity contribution is 6.31. The minimum absolute atomic E-state index is 0.0110. The molecule has 0 spiro atoms. The average molecular weight is 480 g/mol. The molecule has 0 saturated carbocycles. The first-order valence-corrected chi connectivity index (χ1v) is 12.4. The van der Waals surface area contributed by atoms with Crippen molar-refractivity contribution < 1.29 is 14.3 Å². The number of nitrogens with zero attached hydrogens (tertiary/aromatic N) is 1. The van der Waals surface area contributed by atoms with Gasteiger partial charge < -0.3 is 14.0 Å². The second-order valence-corrected chi connectivity index (χ2v) is 10.2. The zero-order chi connectivity index (χ0) is 24.4. The molecule has 0 amide bonds. The topological polar surface area (TPSA) is 40.5 Å². The van der Waals surface area contributed by atoms with Gasteiger partial charge in [-0.25, -0.2) is 0 Å². The van der Waals surface area contributed by atoms with Gasteiger partial charge >= 0.3 is 0 Å². The molecule has 4 rings (SSSR count). The molecule has 1 aliphatic heterocycles. The van der Waals surface area contributed by atoms with E-state index in [1.54, 1.807) is 0 Å². The van der Waals surface area contributed by atoms with Crippen LogP contribution in [0.4, 0.5) is 0 Å². The molecular formula is C29H34ClNO3. The highest BCUT2D eigenvalue weighted by atomic mass is 35.5. The van der Waals surface area contributed by atoms with E-state index in [1.165, 1.54) is 0 Å². The number of benzene rings is 2. The van der Waals surface area contributed by atoms with Crippen LogP contribution in [0.1, 0.15) is 65.2 Å². The molecule has 3 atom stereocenters. The molecule has 3 aromatic rings. The third-order valence-electron chi connectivity index (χ3n) is 7.26. The number of halogens is 1. The lowest BCUT2D eigenvalue weighted by Crippen LogP contribution is -2.31. The molecule has 1 aliphatic rings. The minimum Gasteiger partial charge on any atom is -0.485 e. The summed E-state index contributed by atoms with van der Waals surface area (Å²) in [4.78, 5) is 12.8. The van der Waals surface area contributed by atoms with Gasteiger partial charge in [0.1, 0.15) is 5.75 Å². The largest absolute Gasteiger partial charge is 0.485 e. The lowest BCUT2D eigenvalue weighted by molar-refractivity contribution is -0.0552. The number of hydrogen-bond acceptors (Lipinski definition) is 3. The molecule has 2 heterocycles. The third-order valence-corrected chi connectivity index (χ3v) is 7.60. The van der Waals surface area contributed by atoms with Crippen molar-refractivity contribution in [3.8, 4) is 5.75 Å². The van der Waals surface area contributed by atoms with Gasteiger partial charge in [-0.05, 0) is 67.5 Å². The quantitative estimate of drug-likeness (QED) is 0.340. The summed E-state index contributed by atoms with van der Waals surface area (Å²) >= 11 is 6.48. The Balaban J connectivity index is 1.47. The van der Waals surface area contributed by atoms with E-state index in [4.69, 9.17) is 21.1 Å². The second-order valence-electron chi connectivity index (χ2n) is 9.74. The fourth-order valence-corrected chi connectivity index (χ4v) is 5.29. The molecule has 2 aromatic carbocycles. The van der Waals surface area contributed by atoms with Crippen molar-refractivity contribution >= 4 is 17.4 Å². The van der Waals surface area contributed by atoms with E-state index in [1.807, 2.05) is 67.9 Å². The Morgan fingerprint density at radius 1 is 1.15 bits per heavy atom. The Kier molecular flexibility index (Phi) is 7.49. The van der Waals surface area contributed by atoms with E-state index in [2.05, 4.69) is 26.0 Å². The van der Waals surface area contributed by atoms with Gasteiger partial charge in [-0.3, -0.25) is 4.79 Å². The van der Waals surface area contributed by atoms with Crippen molar-refractivity contribution in [3.63, 3.8) is 0 Å². The molecule has 0 unspecified atom stereocenters. The molecule has 1 aromatic heterocycles. The molecule has 0 radical (unpaired) electrons. The number of rotatable bonds is 7. The van der Waals surface area contributed by atoms with E-state index in [0.717, 1.165) is 39.5 Å². The summed E-state index contributed by atoms with van der Waals surface area (Å²) in [6.45, 7) is 9.11. The van der Waals surface area contributed by atoms with Crippen molar-refractivity contribution in [2.75, 3.05) is 13.2 Å².